The molecule has 0 bridgehead atoms. The first-order chi connectivity index (χ1) is 12.2. The summed E-state index contributed by atoms with van der Waals surface area (Å²) in [6.07, 6.45) is 3.21. The van der Waals surface area contributed by atoms with E-state index in [0.29, 0.717) is 13.0 Å². The van der Waals surface area contributed by atoms with Gasteiger partial charge in [0.2, 0.25) is 5.91 Å². The van der Waals surface area contributed by atoms with Gasteiger partial charge in [0.1, 0.15) is 11.6 Å². The summed E-state index contributed by atoms with van der Waals surface area (Å²) in [5.74, 6) is -0.141. The summed E-state index contributed by atoms with van der Waals surface area (Å²) >= 11 is 0. The van der Waals surface area contributed by atoms with Crippen LogP contribution in [-0.2, 0) is 16.0 Å². The number of amides is 2. The molecule has 26 heavy (non-hydrogen) atoms. The molecule has 1 N–H and O–H groups in total. The zero-order chi connectivity index (χ0) is 18.9. The first-order valence-electron chi connectivity index (χ1n) is 9.39. The van der Waals surface area contributed by atoms with Crippen molar-refractivity contribution >= 4 is 23.4 Å². The van der Waals surface area contributed by atoms with Crippen LogP contribution in [0.4, 0.5) is 16.2 Å². The van der Waals surface area contributed by atoms with Gasteiger partial charge in [0.15, 0.2) is 0 Å². The molecule has 0 aliphatic carbocycles. The summed E-state index contributed by atoms with van der Waals surface area (Å²) in [4.78, 5) is 28.9. The Morgan fingerprint density at radius 1 is 1.19 bits per heavy atom. The lowest BCUT2D eigenvalue weighted by Crippen LogP contribution is -2.45. The fraction of sp³-hybridized carbons (Fsp3) is 0.600. The normalized spacial score (nSPS) is 19.9. The number of hydrogen-bond donors (Lipinski definition) is 1. The minimum absolute atomic E-state index is 0.141. The number of carbonyl (C=O) groups is 2. The third-order valence-corrected chi connectivity index (χ3v) is 4.88. The lowest BCUT2D eigenvalue weighted by molar-refractivity contribution is -0.120. The Bertz CT molecular complexity index is 696. The highest BCUT2D eigenvalue weighted by Crippen LogP contribution is 2.29. The molecule has 0 spiro atoms. The molecular weight excluding hydrogens is 330 g/mol. The minimum Gasteiger partial charge on any atom is -0.444 e. The number of rotatable bonds is 2. The van der Waals surface area contributed by atoms with Crippen LogP contribution in [0.5, 0.6) is 0 Å². The monoisotopic (exact) mass is 359 g/mol. The topological polar surface area (TPSA) is 61.9 Å². The van der Waals surface area contributed by atoms with Crippen molar-refractivity contribution in [2.45, 2.75) is 58.1 Å². The number of ether oxygens (including phenoxy) is 1. The Kier molecular flexibility index (Phi) is 5.12. The predicted molar refractivity (Wildman–Crippen MR) is 103 cm³/mol. The van der Waals surface area contributed by atoms with E-state index in [-0.39, 0.29) is 5.91 Å². The maximum atomic E-state index is 12.8. The van der Waals surface area contributed by atoms with E-state index >= 15 is 0 Å². The first kappa shape index (κ1) is 18.5. The van der Waals surface area contributed by atoms with Crippen molar-refractivity contribution in [1.82, 2.24) is 4.90 Å². The Labute approximate surface area is 155 Å². The molecule has 0 unspecified atom stereocenters. The Hall–Kier alpha value is -2.24. The molecule has 1 atom stereocenters. The number of fused-ring (bicyclic) bond motifs is 1. The zero-order valence-electron chi connectivity index (χ0n) is 16.2. The minimum atomic E-state index is -0.564. The van der Waals surface area contributed by atoms with Crippen LogP contribution in [-0.4, -0.2) is 48.7 Å². The second-order valence-corrected chi connectivity index (χ2v) is 8.19. The summed E-state index contributed by atoms with van der Waals surface area (Å²) in [5.41, 5.74) is 2.71. The smallest absolute Gasteiger partial charge is 0.410 e. The summed E-state index contributed by atoms with van der Waals surface area (Å²) < 4.78 is 5.44. The van der Waals surface area contributed by atoms with E-state index in [1.807, 2.05) is 26.8 Å². The van der Waals surface area contributed by atoms with Gasteiger partial charge in [-0.25, -0.2) is 4.79 Å². The number of likely N-dealkylation sites (tertiary alicyclic amines) is 1. The molecule has 0 saturated carbocycles. The number of carbonyl (C=O) groups excluding carboxylic acids is 2. The number of anilines is 2. The van der Waals surface area contributed by atoms with Crippen LogP contribution in [0.3, 0.4) is 0 Å². The van der Waals surface area contributed by atoms with Gasteiger partial charge in [0.25, 0.3) is 0 Å². The van der Waals surface area contributed by atoms with Crippen LogP contribution >= 0.6 is 0 Å². The summed E-state index contributed by atoms with van der Waals surface area (Å²) in [7, 11) is 2.09. The average molecular weight is 359 g/mol. The number of aryl methyl sites for hydroxylation is 1. The van der Waals surface area contributed by atoms with Gasteiger partial charge >= 0.3 is 6.09 Å². The standard InChI is InChI=1S/C20H29N3O3/c1-20(2,3)26-19(25)23-12-6-8-17(23)18(24)21-15-9-10-16-14(13-15)7-5-11-22(16)4/h9-10,13,17H,5-8,11-12H2,1-4H3,(H,21,24)/t17-/m0/s1. The van der Waals surface area contributed by atoms with Gasteiger partial charge in [0.05, 0.1) is 0 Å². The molecule has 1 fully saturated rings. The van der Waals surface area contributed by atoms with Gasteiger partial charge in [-0.05, 0) is 70.2 Å². The quantitative estimate of drug-likeness (QED) is 0.879. The van der Waals surface area contributed by atoms with E-state index in [1.165, 1.54) is 11.3 Å². The van der Waals surface area contributed by atoms with Crippen molar-refractivity contribution in [3.05, 3.63) is 23.8 Å². The molecule has 6 nitrogen and oxygen atoms in total. The highest BCUT2D eigenvalue weighted by Gasteiger charge is 2.36. The Balaban J connectivity index is 1.68. The van der Waals surface area contributed by atoms with Gasteiger partial charge in [-0.15, -0.1) is 0 Å². The third kappa shape index (κ3) is 4.11. The second kappa shape index (κ2) is 7.17. The Morgan fingerprint density at radius 2 is 1.96 bits per heavy atom. The molecule has 3 rings (SSSR count). The molecule has 2 heterocycles. The largest absolute Gasteiger partial charge is 0.444 e. The fourth-order valence-electron chi connectivity index (χ4n) is 3.67. The zero-order valence-corrected chi connectivity index (χ0v) is 16.2. The van der Waals surface area contributed by atoms with Crippen LogP contribution in [0.25, 0.3) is 0 Å². The van der Waals surface area contributed by atoms with Crippen LogP contribution in [0.2, 0.25) is 0 Å². The van der Waals surface area contributed by atoms with E-state index in [1.54, 1.807) is 4.90 Å². The Morgan fingerprint density at radius 3 is 2.69 bits per heavy atom. The number of hydrogen-bond acceptors (Lipinski definition) is 4. The molecule has 2 amide bonds. The van der Waals surface area contributed by atoms with Crippen LogP contribution < -0.4 is 10.2 Å². The maximum absolute atomic E-state index is 12.8. The van der Waals surface area contributed by atoms with Crippen molar-refractivity contribution in [2.75, 3.05) is 30.4 Å². The van der Waals surface area contributed by atoms with E-state index < -0.39 is 17.7 Å². The summed E-state index contributed by atoms with van der Waals surface area (Å²) in [6.45, 7) is 7.12. The molecule has 2 aliphatic rings. The van der Waals surface area contributed by atoms with Gasteiger partial charge in [-0.1, -0.05) is 0 Å². The van der Waals surface area contributed by atoms with Crippen molar-refractivity contribution in [3.63, 3.8) is 0 Å². The van der Waals surface area contributed by atoms with Crippen molar-refractivity contribution in [1.29, 1.82) is 0 Å². The van der Waals surface area contributed by atoms with Gasteiger partial charge in [0, 0.05) is 31.5 Å². The fourth-order valence-corrected chi connectivity index (χ4v) is 3.67. The molecule has 1 aromatic carbocycles. The number of benzene rings is 1. The van der Waals surface area contributed by atoms with Crippen LogP contribution in [0.1, 0.15) is 45.6 Å². The summed E-state index contributed by atoms with van der Waals surface area (Å²) in [5, 5.41) is 2.99. The predicted octanol–water partition coefficient (Wildman–Crippen LogP) is 3.41. The third-order valence-electron chi connectivity index (χ3n) is 4.88. The molecule has 0 aromatic heterocycles. The molecule has 2 aliphatic heterocycles. The summed E-state index contributed by atoms with van der Waals surface area (Å²) in [6, 6.07) is 5.58. The van der Waals surface area contributed by atoms with Crippen LogP contribution in [0.15, 0.2) is 18.2 Å². The van der Waals surface area contributed by atoms with E-state index in [2.05, 4.69) is 29.4 Å². The van der Waals surface area contributed by atoms with Crippen molar-refractivity contribution in [2.24, 2.45) is 0 Å². The molecule has 142 valence electrons. The van der Waals surface area contributed by atoms with Gasteiger partial charge < -0.3 is 15.0 Å². The molecule has 1 aromatic rings. The number of nitrogens with one attached hydrogen (secondary N) is 1. The molecule has 1 saturated heterocycles. The SMILES string of the molecule is CN1CCCc2cc(NC(=O)[C@@H]3CCCN3C(=O)OC(C)(C)C)ccc21. The molecule has 0 radical (unpaired) electrons. The number of nitrogens with zero attached hydrogens (tertiary/aromatic N) is 2. The molecule has 6 heteroatoms. The van der Waals surface area contributed by atoms with Crippen molar-refractivity contribution in [3.8, 4) is 0 Å². The average Bonchev–Trinajstić information content (AvgIpc) is 3.03. The lowest BCUT2D eigenvalue weighted by atomic mass is 10.0. The van der Waals surface area contributed by atoms with Gasteiger partial charge in [-0.2, -0.15) is 0 Å². The highest BCUT2D eigenvalue weighted by molar-refractivity contribution is 5.97. The first-order valence-corrected chi connectivity index (χ1v) is 9.39. The highest BCUT2D eigenvalue weighted by atomic mass is 16.6. The van der Waals surface area contributed by atoms with Crippen molar-refractivity contribution < 1.29 is 14.3 Å². The van der Waals surface area contributed by atoms with Gasteiger partial charge in [-0.3, -0.25) is 9.69 Å². The maximum Gasteiger partial charge on any atom is 0.410 e. The second-order valence-electron chi connectivity index (χ2n) is 8.19. The van der Waals surface area contributed by atoms with E-state index in [0.717, 1.165) is 31.5 Å². The van der Waals surface area contributed by atoms with E-state index in [4.69, 9.17) is 4.74 Å². The van der Waals surface area contributed by atoms with E-state index in [9.17, 15) is 9.59 Å². The molecular formula is C20H29N3O3. The lowest BCUT2D eigenvalue weighted by Gasteiger charge is -2.29. The van der Waals surface area contributed by atoms with Crippen LogP contribution in [0, 0.1) is 0 Å².